The summed E-state index contributed by atoms with van der Waals surface area (Å²) in [4.78, 5) is 19.5. The number of hydrogen-bond acceptors (Lipinski definition) is 3. The number of anilines is 1. The molecule has 0 aliphatic heterocycles. The quantitative estimate of drug-likeness (QED) is 0.492. The summed E-state index contributed by atoms with van der Waals surface area (Å²) in [6.07, 6.45) is 3.82. The van der Waals surface area contributed by atoms with E-state index in [9.17, 15) is 9.18 Å². The molecule has 1 aromatic heterocycles. The zero-order valence-electron chi connectivity index (χ0n) is 17.5. The number of aromatic nitrogens is 2. The first-order chi connectivity index (χ1) is 15.5. The topological polar surface area (TPSA) is 62.2 Å². The summed E-state index contributed by atoms with van der Waals surface area (Å²) in [7, 11) is 0. The predicted molar refractivity (Wildman–Crippen MR) is 129 cm³/mol. The van der Waals surface area contributed by atoms with Gasteiger partial charge in [-0.05, 0) is 50.2 Å². The highest BCUT2D eigenvalue weighted by molar-refractivity contribution is 7.80. The van der Waals surface area contributed by atoms with Gasteiger partial charge in [-0.2, -0.15) is 0 Å². The van der Waals surface area contributed by atoms with Crippen LogP contribution in [0.4, 0.5) is 10.3 Å². The van der Waals surface area contributed by atoms with Gasteiger partial charge in [0.2, 0.25) is 11.9 Å². The van der Waals surface area contributed by atoms with E-state index in [1.54, 1.807) is 16.8 Å². The van der Waals surface area contributed by atoms with Crippen LogP contribution in [0, 0.1) is 5.82 Å². The maximum absolute atomic E-state index is 13.7. The van der Waals surface area contributed by atoms with Crippen molar-refractivity contribution in [1.29, 1.82) is 0 Å². The Bertz CT molecular complexity index is 1130. The van der Waals surface area contributed by atoms with Crippen molar-refractivity contribution in [2.45, 2.75) is 25.8 Å². The molecule has 1 fully saturated rings. The molecular formula is C23H23ClFN5OS. The number of benzene rings is 2. The van der Waals surface area contributed by atoms with E-state index in [1.807, 2.05) is 42.2 Å². The molecule has 1 aliphatic carbocycles. The third kappa shape index (κ3) is 5.08. The second kappa shape index (κ2) is 9.67. The number of rotatable bonds is 7. The molecule has 0 unspecified atom stereocenters. The fourth-order valence-corrected chi connectivity index (χ4v) is 3.91. The van der Waals surface area contributed by atoms with Crippen LogP contribution in [0.1, 0.15) is 19.8 Å². The van der Waals surface area contributed by atoms with Gasteiger partial charge >= 0.3 is 0 Å². The Morgan fingerprint density at radius 2 is 2.03 bits per heavy atom. The van der Waals surface area contributed by atoms with E-state index in [-0.39, 0.29) is 23.5 Å². The molecule has 1 amide bonds. The highest BCUT2D eigenvalue weighted by Gasteiger charge is 2.32. The molecular weight excluding hydrogens is 449 g/mol. The van der Waals surface area contributed by atoms with E-state index < -0.39 is 5.82 Å². The third-order valence-electron chi connectivity index (χ3n) is 5.10. The highest BCUT2D eigenvalue weighted by atomic mass is 35.5. The molecule has 2 N–H and O–H groups in total. The van der Waals surface area contributed by atoms with E-state index in [4.69, 9.17) is 23.8 Å². The molecule has 0 spiro atoms. The fourth-order valence-electron chi connectivity index (χ4n) is 3.37. The van der Waals surface area contributed by atoms with Crippen molar-refractivity contribution in [3.05, 3.63) is 65.6 Å². The van der Waals surface area contributed by atoms with E-state index in [1.165, 1.54) is 12.1 Å². The van der Waals surface area contributed by atoms with Gasteiger partial charge in [-0.25, -0.2) is 9.37 Å². The number of nitrogens with one attached hydrogen (secondary N) is 2. The van der Waals surface area contributed by atoms with Crippen molar-refractivity contribution >= 4 is 40.8 Å². The Hall–Kier alpha value is -2.97. The normalized spacial score (nSPS) is 13.0. The molecule has 0 radical (unpaired) electrons. The van der Waals surface area contributed by atoms with Crippen molar-refractivity contribution < 1.29 is 9.18 Å². The molecule has 166 valence electrons. The zero-order valence-corrected chi connectivity index (χ0v) is 19.1. The Kier molecular flexibility index (Phi) is 6.72. The lowest BCUT2D eigenvalue weighted by Gasteiger charge is -2.24. The summed E-state index contributed by atoms with van der Waals surface area (Å²) in [5, 5.41) is 6.57. The van der Waals surface area contributed by atoms with Crippen LogP contribution in [0.25, 0.3) is 16.9 Å². The number of carbonyl (C=O) groups excluding carboxylic acids is 1. The molecule has 0 bridgehead atoms. The number of imidazole rings is 1. The Labute approximate surface area is 196 Å². The Balaban J connectivity index is 1.62. The standard InChI is InChI=1S/C23H23ClFN5OS/c1-2-26-23(32)30(16-8-9-16)14-21(31)28-22-27-20(15-6-4-3-5-7-15)13-29(22)17-10-11-19(25)18(24)12-17/h3-7,10-13,16H,2,8-9,14H2,1H3,(H,26,32)(H,27,28,31). The fraction of sp³-hybridized carbons (Fsp3) is 0.261. The SMILES string of the molecule is CCNC(=S)N(CC(=O)Nc1nc(-c2ccccc2)cn1-c1ccc(F)c(Cl)c1)C1CC1. The van der Waals surface area contributed by atoms with Crippen LogP contribution in [-0.4, -0.2) is 44.6 Å². The summed E-state index contributed by atoms with van der Waals surface area (Å²) < 4.78 is 15.4. The van der Waals surface area contributed by atoms with Gasteiger partial charge < -0.3 is 10.2 Å². The summed E-state index contributed by atoms with van der Waals surface area (Å²) >= 11 is 11.4. The molecule has 1 saturated carbocycles. The minimum Gasteiger partial charge on any atom is -0.363 e. The van der Waals surface area contributed by atoms with Crippen molar-refractivity contribution in [3.63, 3.8) is 0 Å². The second-order valence-electron chi connectivity index (χ2n) is 7.53. The van der Waals surface area contributed by atoms with Gasteiger partial charge in [-0.1, -0.05) is 41.9 Å². The van der Waals surface area contributed by atoms with Gasteiger partial charge in [0, 0.05) is 24.3 Å². The first-order valence-electron chi connectivity index (χ1n) is 10.4. The van der Waals surface area contributed by atoms with E-state index in [2.05, 4.69) is 15.6 Å². The summed E-state index contributed by atoms with van der Waals surface area (Å²) in [5.41, 5.74) is 2.15. The second-order valence-corrected chi connectivity index (χ2v) is 8.32. The monoisotopic (exact) mass is 471 g/mol. The maximum Gasteiger partial charge on any atom is 0.246 e. The summed E-state index contributed by atoms with van der Waals surface area (Å²) in [6, 6.07) is 14.3. The summed E-state index contributed by atoms with van der Waals surface area (Å²) in [6.45, 7) is 2.78. The smallest absolute Gasteiger partial charge is 0.246 e. The molecule has 0 saturated heterocycles. The van der Waals surface area contributed by atoms with E-state index in [0.717, 1.165) is 18.4 Å². The maximum atomic E-state index is 13.7. The van der Waals surface area contributed by atoms with Gasteiger partial charge in [-0.3, -0.25) is 14.7 Å². The lowest BCUT2D eigenvalue weighted by Crippen LogP contribution is -2.45. The Morgan fingerprint density at radius 3 is 2.69 bits per heavy atom. The molecule has 1 heterocycles. The molecule has 6 nitrogen and oxygen atoms in total. The van der Waals surface area contributed by atoms with Gasteiger partial charge in [0.25, 0.3) is 0 Å². The van der Waals surface area contributed by atoms with Crippen molar-refractivity contribution in [2.75, 3.05) is 18.4 Å². The minimum absolute atomic E-state index is 0.00867. The number of amides is 1. The lowest BCUT2D eigenvalue weighted by molar-refractivity contribution is -0.116. The molecule has 3 aromatic rings. The Morgan fingerprint density at radius 1 is 1.28 bits per heavy atom. The molecule has 0 atom stereocenters. The van der Waals surface area contributed by atoms with Gasteiger partial charge in [0.15, 0.2) is 5.11 Å². The van der Waals surface area contributed by atoms with Crippen LogP contribution < -0.4 is 10.6 Å². The van der Waals surface area contributed by atoms with E-state index >= 15 is 0 Å². The largest absolute Gasteiger partial charge is 0.363 e. The first kappa shape index (κ1) is 22.2. The average molecular weight is 472 g/mol. The molecule has 4 rings (SSSR count). The molecule has 9 heteroatoms. The third-order valence-corrected chi connectivity index (χ3v) is 5.77. The number of carbonyl (C=O) groups is 1. The van der Waals surface area contributed by atoms with Crippen LogP contribution in [0.2, 0.25) is 5.02 Å². The van der Waals surface area contributed by atoms with E-state index in [0.29, 0.717) is 29.0 Å². The summed E-state index contributed by atoms with van der Waals surface area (Å²) in [5.74, 6) is -0.431. The number of halogens is 2. The van der Waals surface area contributed by atoms with Crippen LogP contribution in [-0.2, 0) is 4.79 Å². The van der Waals surface area contributed by atoms with Gasteiger partial charge in [-0.15, -0.1) is 0 Å². The van der Waals surface area contributed by atoms with Crippen molar-refractivity contribution in [2.24, 2.45) is 0 Å². The van der Waals surface area contributed by atoms with Crippen LogP contribution in [0.5, 0.6) is 0 Å². The van der Waals surface area contributed by atoms with Crippen molar-refractivity contribution in [3.8, 4) is 16.9 Å². The number of nitrogens with zero attached hydrogens (tertiary/aromatic N) is 3. The number of hydrogen-bond donors (Lipinski definition) is 2. The molecule has 32 heavy (non-hydrogen) atoms. The van der Waals surface area contributed by atoms with Crippen LogP contribution in [0.15, 0.2) is 54.7 Å². The first-order valence-corrected chi connectivity index (χ1v) is 11.2. The van der Waals surface area contributed by atoms with Crippen LogP contribution in [0.3, 0.4) is 0 Å². The zero-order chi connectivity index (χ0) is 22.7. The van der Waals surface area contributed by atoms with Crippen LogP contribution >= 0.6 is 23.8 Å². The molecule has 2 aromatic carbocycles. The highest BCUT2D eigenvalue weighted by Crippen LogP contribution is 2.28. The van der Waals surface area contributed by atoms with Crippen molar-refractivity contribution in [1.82, 2.24) is 19.8 Å². The minimum atomic E-state index is -0.513. The number of thiocarbonyl (C=S) groups is 1. The molecule has 1 aliphatic rings. The van der Waals surface area contributed by atoms with Gasteiger partial charge in [0.05, 0.1) is 22.9 Å². The van der Waals surface area contributed by atoms with Gasteiger partial charge in [0.1, 0.15) is 5.82 Å². The predicted octanol–water partition coefficient (Wildman–Crippen LogP) is 4.63. The lowest BCUT2D eigenvalue weighted by atomic mass is 10.2. The average Bonchev–Trinajstić information content (AvgIpc) is 3.54.